The van der Waals surface area contributed by atoms with E-state index in [0.717, 1.165) is 27.7 Å². The molecule has 0 saturated heterocycles. The number of thiazole rings is 1. The lowest BCUT2D eigenvalue weighted by Crippen LogP contribution is -1.97. The molecule has 1 aromatic carbocycles. The lowest BCUT2D eigenvalue weighted by Gasteiger charge is -2.03. The van der Waals surface area contributed by atoms with Gasteiger partial charge in [-0.3, -0.25) is 0 Å². The number of ether oxygens (including phenoxy) is 1. The van der Waals surface area contributed by atoms with Gasteiger partial charge >= 0.3 is 0 Å². The zero-order valence-electron chi connectivity index (χ0n) is 10.1. The molecule has 0 spiro atoms. The molecule has 1 heterocycles. The second-order valence-corrected chi connectivity index (χ2v) is 5.38. The molecule has 0 aliphatic rings. The minimum absolute atomic E-state index is 0.472. The molecule has 2 aromatic rings. The van der Waals surface area contributed by atoms with Crippen molar-refractivity contribution >= 4 is 22.9 Å². The predicted octanol–water partition coefficient (Wildman–Crippen LogP) is 3.40. The van der Waals surface area contributed by atoms with Crippen molar-refractivity contribution < 1.29 is 4.74 Å². The fourth-order valence-electron chi connectivity index (χ4n) is 1.61. The summed E-state index contributed by atoms with van der Waals surface area (Å²) in [6.45, 7) is 3.10. The monoisotopic (exact) mass is 282 g/mol. The predicted molar refractivity (Wildman–Crippen MR) is 75.2 cm³/mol. The Morgan fingerprint density at radius 3 is 2.61 bits per heavy atom. The molecule has 0 unspecified atom stereocenters. The number of rotatable bonds is 5. The van der Waals surface area contributed by atoms with Crippen molar-refractivity contribution in [3.05, 3.63) is 44.9 Å². The zero-order valence-corrected chi connectivity index (χ0v) is 11.7. The van der Waals surface area contributed by atoms with E-state index in [1.165, 1.54) is 0 Å². The van der Waals surface area contributed by atoms with Gasteiger partial charge in [0.15, 0.2) is 0 Å². The number of hydrogen-bond donors (Lipinski definition) is 1. The van der Waals surface area contributed by atoms with Gasteiger partial charge in [-0.2, -0.15) is 0 Å². The largest absolute Gasteiger partial charge is 0.486 e. The summed E-state index contributed by atoms with van der Waals surface area (Å²) in [4.78, 5) is 5.67. The molecule has 0 radical (unpaired) electrons. The molecule has 5 heteroatoms. The molecule has 0 atom stereocenters. The summed E-state index contributed by atoms with van der Waals surface area (Å²) in [5.74, 6) is 0.793. The molecule has 2 N–H and O–H groups in total. The van der Waals surface area contributed by atoms with Crippen molar-refractivity contribution in [2.45, 2.75) is 26.5 Å². The summed E-state index contributed by atoms with van der Waals surface area (Å²) in [6, 6.07) is 7.31. The SMILES string of the molecule is CCc1nc(COc2ccc(Cl)cc2)sc1CN. The topological polar surface area (TPSA) is 48.1 Å². The van der Waals surface area contributed by atoms with Gasteiger partial charge in [0, 0.05) is 16.4 Å². The molecule has 1 aromatic heterocycles. The minimum atomic E-state index is 0.472. The summed E-state index contributed by atoms with van der Waals surface area (Å²) in [7, 11) is 0. The fourth-order valence-corrected chi connectivity index (χ4v) is 2.69. The van der Waals surface area contributed by atoms with Crippen LogP contribution in [0.5, 0.6) is 5.75 Å². The molecule has 2 rings (SSSR count). The van der Waals surface area contributed by atoms with Crippen LogP contribution in [0.3, 0.4) is 0 Å². The van der Waals surface area contributed by atoms with Gasteiger partial charge in [-0.1, -0.05) is 18.5 Å². The summed E-state index contributed by atoms with van der Waals surface area (Å²) in [5.41, 5.74) is 6.76. The van der Waals surface area contributed by atoms with Crippen LogP contribution in [-0.2, 0) is 19.6 Å². The maximum absolute atomic E-state index is 5.81. The molecule has 0 aliphatic carbocycles. The van der Waals surface area contributed by atoms with E-state index in [9.17, 15) is 0 Å². The van der Waals surface area contributed by atoms with Crippen molar-refractivity contribution in [3.63, 3.8) is 0 Å². The number of aryl methyl sites for hydroxylation is 1. The van der Waals surface area contributed by atoms with Gasteiger partial charge < -0.3 is 10.5 Å². The highest BCUT2D eigenvalue weighted by Crippen LogP contribution is 2.21. The zero-order chi connectivity index (χ0) is 13.0. The van der Waals surface area contributed by atoms with E-state index in [4.69, 9.17) is 22.1 Å². The van der Waals surface area contributed by atoms with Gasteiger partial charge in [0.1, 0.15) is 17.4 Å². The number of nitrogens with two attached hydrogens (primary N) is 1. The van der Waals surface area contributed by atoms with Crippen molar-refractivity contribution in [2.24, 2.45) is 5.73 Å². The van der Waals surface area contributed by atoms with Gasteiger partial charge in [-0.05, 0) is 30.7 Å². The molecule has 0 aliphatic heterocycles. The lowest BCUT2D eigenvalue weighted by atomic mass is 10.3. The molecular weight excluding hydrogens is 268 g/mol. The maximum Gasteiger partial charge on any atom is 0.140 e. The Morgan fingerprint density at radius 2 is 2.06 bits per heavy atom. The van der Waals surface area contributed by atoms with Crippen molar-refractivity contribution in [3.8, 4) is 5.75 Å². The van der Waals surface area contributed by atoms with Crippen LogP contribution in [0.1, 0.15) is 22.5 Å². The van der Waals surface area contributed by atoms with Crippen LogP contribution in [0.25, 0.3) is 0 Å². The molecule has 0 saturated carbocycles. The molecule has 18 heavy (non-hydrogen) atoms. The van der Waals surface area contributed by atoms with Crippen LogP contribution < -0.4 is 10.5 Å². The second kappa shape index (κ2) is 6.18. The van der Waals surface area contributed by atoms with E-state index >= 15 is 0 Å². The van der Waals surface area contributed by atoms with Crippen molar-refractivity contribution in [1.29, 1.82) is 0 Å². The first kappa shape index (κ1) is 13.3. The summed E-state index contributed by atoms with van der Waals surface area (Å²) in [6.07, 6.45) is 0.907. The molecule has 0 amide bonds. The third-order valence-electron chi connectivity index (χ3n) is 2.52. The third kappa shape index (κ3) is 3.22. The van der Waals surface area contributed by atoms with Crippen molar-refractivity contribution in [2.75, 3.05) is 0 Å². The molecule has 0 fully saturated rings. The Bertz CT molecular complexity index is 489. The van der Waals surface area contributed by atoms with E-state index in [2.05, 4.69) is 11.9 Å². The second-order valence-electron chi connectivity index (χ2n) is 3.78. The fraction of sp³-hybridized carbons (Fsp3) is 0.308. The molecule has 0 bridgehead atoms. The number of hydrogen-bond acceptors (Lipinski definition) is 4. The van der Waals surface area contributed by atoms with E-state index in [1.54, 1.807) is 11.3 Å². The van der Waals surface area contributed by atoms with Crippen LogP contribution in [0.15, 0.2) is 24.3 Å². The highest BCUT2D eigenvalue weighted by molar-refractivity contribution is 7.11. The molecule has 96 valence electrons. The summed E-state index contributed by atoms with van der Waals surface area (Å²) < 4.78 is 5.65. The Morgan fingerprint density at radius 1 is 1.33 bits per heavy atom. The first-order chi connectivity index (χ1) is 8.72. The van der Waals surface area contributed by atoms with Gasteiger partial charge in [0.2, 0.25) is 0 Å². The van der Waals surface area contributed by atoms with E-state index in [-0.39, 0.29) is 0 Å². The van der Waals surface area contributed by atoms with Crippen LogP contribution >= 0.6 is 22.9 Å². The average molecular weight is 283 g/mol. The van der Waals surface area contributed by atoms with E-state index in [0.29, 0.717) is 18.2 Å². The Kier molecular flexibility index (Phi) is 4.58. The summed E-state index contributed by atoms with van der Waals surface area (Å²) >= 11 is 7.43. The number of aromatic nitrogens is 1. The first-order valence-corrected chi connectivity index (χ1v) is 6.98. The lowest BCUT2D eigenvalue weighted by molar-refractivity contribution is 0.305. The van der Waals surface area contributed by atoms with Crippen LogP contribution in [-0.4, -0.2) is 4.98 Å². The number of halogens is 1. The Labute approximate surface area is 116 Å². The van der Waals surface area contributed by atoms with Crippen LogP contribution in [0, 0.1) is 0 Å². The highest BCUT2D eigenvalue weighted by Gasteiger charge is 2.08. The van der Waals surface area contributed by atoms with Crippen molar-refractivity contribution in [1.82, 2.24) is 4.98 Å². The number of benzene rings is 1. The standard InChI is InChI=1S/C13H15ClN2OS/c1-2-11-12(7-15)18-13(16-11)8-17-10-5-3-9(14)4-6-10/h3-6H,2,7-8,15H2,1H3. The minimum Gasteiger partial charge on any atom is -0.486 e. The first-order valence-electron chi connectivity index (χ1n) is 5.78. The van der Waals surface area contributed by atoms with Gasteiger partial charge in [-0.25, -0.2) is 4.98 Å². The number of nitrogens with zero attached hydrogens (tertiary/aromatic N) is 1. The van der Waals surface area contributed by atoms with Crippen LogP contribution in [0.2, 0.25) is 5.02 Å². The van der Waals surface area contributed by atoms with E-state index in [1.807, 2.05) is 24.3 Å². The van der Waals surface area contributed by atoms with Gasteiger partial charge in [-0.15, -0.1) is 11.3 Å². The van der Waals surface area contributed by atoms with Gasteiger partial charge in [0.25, 0.3) is 0 Å². The summed E-state index contributed by atoms with van der Waals surface area (Å²) in [5, 5.41) is 1.66. The maximum atomic E-state index is 5.81. The highest BCUT2D eigenvalue weighted by atomic mass is 35.5. The quantitative estimate of drug-likeness (QED) is 0.914. The normalized spacial score (nSPS) is 10.6. The third-order valence-corrected chi connectivity index (χ3v) is 3.86. The van der Waals surface area contributed by atoms with E-state index < -0.39 is 0 Å². The van der Waals surface area contributed by atoms with Crippen LogP contribution in [0.4, 0.5) is 0 Å². The Balaban J connectivity index is 2.01. The Hall–Kier alpha value is -1.10. The smallest absolute Gasteiger partial charge is 0.140 e. The molecular formula is C13H15ClN2OS. The molecule has 3 nitrogen and oxygen atoms in total. The van der Waals surface area contributed by atoms with Gasteiger partial charge in [0.05, 0.1) is 5.69 Å². The average Bonchev–Trinajstić information content (AvgIpc) is 2.80.